The van der Waals surface area contributed by atoms with Gasteiger partial charge in [0.1, 0.15) is 5.69 Å². The Bertz CT molecular complexity index is 1150. The number of rotatable bonds is 5. The first kappa shape index (κ1) is 19.2. The van der Waals surface area contributed by atoms with Gasteiger partial charge in [-0.05, 0) is 55.0 Å². The predicted molar refractivity (Wildman–Crippen MR) is 106 cm³/mol. The molecule has 3 rings (SSSR count). The van der Waals surface area contributed by atoms with Crippen LogP contribution in [0.3, 0.4) is 0 Å². The van der Waals surface area contributed by atoms with E-state index in [1.165, 1.54) is 13.3 Å². The van der Waals surface area contributed by atoms with Gasteiger partial charge in [0.2, 0.25) is 4.77 Å². The summed E-state index contributed by atoms with van der Waals surface area (Å²) in [5.41, 5.74) is 0.871. The molecule has 0 spiro atoms. The molecule has 0 amide bonds. The third-order valence-electron chi connectivity index (χ3n) is 3.74. The van der Waals surface area contributed by atoms with Crippen molar-refractivity contribution in [2.45, 2.75) is 6.92 Å². The fraction of sp³-hybridized carbons (Fsp3) is 0.105. The Morgan fingerprint density at radius 3 is 2.68 bits per heavy atom. The fourth-order valence-electron chi connectivity index (χ4n) is 2.28. The monoisotopic (exact) mass is 396 g/mol. The number of hydrogen-bond donors (Lipinski definition) is 1. The smallest absolute Gasteiger partial charge is 0.343 e. The Morgan fingerprint density at radius 1 is 1.21 bits per heavy atom. The molecule has 3 aromatic rings. The minimum Gasteiger partial charge on any atom is -0.493 e. The second-order valence-electron chi connectivity index (χ2n) is 5.64. The second-order valence-corrected chi connectivity index (χ2v) is 6.03. The van der Waals surface area contributed by atoms with Crippen LogP contribution in [0.1, 0.15) is 21.6 Å². The number of aromatic nitrogens is 3. The van der Waals surface area contributed by atoms with Gasteiger partial charge in [-0.15, -0.1) is 0 Å². The molecule has 0 atom stereocenters. The van der Waals surface area contributed by atoms with Gasteiger partial charge >= 0.3 is 5.97 Å². The zero-order chi connectivity index (χ0) is 20.1. The lowest BCUT2D eigenvalue weighted by molar-refractivity contribution is 0.0729. The van der Waals surface area contributed by atoms with E-state index in [-0.39, 0.29) is 16.2 Å². The first-order valence-electron chi connectivity index (χ1n) is 8.17. The van der Waals surface area contributed by atoms with Crippen molar-refractivity contribution in [3.8, 4) is 11.5 Å². The minimum absolute atomic E-state index is 0.0761. The number of methoxy groups -OCH3 is 1. The van der Waals surface area contributed by atoms with Crippen LogP contribution in [0.15, 0.2) is 58.4 Å². The predicted octanol–water partition coefficient (Wildman–Crippen LogP) is 2.72. The van der Waals surface area contributed by atoms with Crippen LogP contribution in [0.2, 0.25) is 0 Å². The van der Waals surface area contributed by atoms with E-state index in [0.29, 0.717) is 16.9 Å². The van der Waals surface area contributed by atoms with Crippen molar-refractivity contribution in [3.63, 3.8) is 0 Å². The molecule has 28 heavy (non-hydrogen) atoms. The van der Waals surface area contributed by atoms with Gasteiger partial charge in [-0.2, -0.15) is 14.9 Å². The molecule has 0 unspecified atom stereocenters. The molecule has 0 aliphatic heterocycles. The number of H-pyrrole nitrogens is 1. The summed E-state index contributed by atoms with van der Waals surface area (Å²) >= 11 is 5.03. The lowest BCUT2D eigenvalue weighted by Crippen LogP contribution is -2.22. The highest BCUT2D eigenvalue weighted by Gasteiger charge is 2.12. The summed E-state index contributed by atoms with van der Waals surface area (Å²) in [7, 11) is 1.46. The van der Waals surface area contributed by atoms with E-state index in [1.54, 1.807) is 49.4 Å². The van der Waals surface area contributed by atoms with Crippen molar-refractivity contribution in [2.75, 3.05) is 7.11 Å². The summed E-state index contributed by atoms with van der Waals surface area (Å²) in [6.07, 6.45) is 1.44. The molecule has 8 nitrogen and oxygen atoms in total. The highest BCUT2D eigenvalue weighted by atomic mass is 32.1. The normalized spacial score (nSPS) is 10.8. The number of aryl methyl sites for hydroxylation is 1. The Kier molecular flexibility index (Phi) is 5.75. The number of aromatic amines is 1. The molecule has 142 valence electrons. The van der Waals surface area contributed by atoms with Crippen LogP contribution in [-0.2, 0) is 0 Å². The van der Waals surface area contributed by atoms with Gasteiger partial charge in [0.25, 0.3) is 5.56 Å². The number of nitrogens with zero attached hydrogens (tertiary/aromatic N) is 3. The number of esters is 1. The minimum atomic E-state index is -0.495. The number of carbonyl (C=O) groups is 1. The summed E-state index contributed by atoms with van der Waals surface area (Å²) in [6.45, 7) is 1.55. The van der Waals surface area contributed by atoms with Gasteiger partial charge in [0.05, 0.1) is 18.9 Å². The summed E-state index contributed by atoms with van der Waals surface area (Å²) in [6, 6.07) is 13.5. The SMILES string of the molecule is COc1cc(/C=N\n2c(=S)[nH]nc(C)c2=O)ccc1OC(=O)c1ccccc1. The van der Waals surface area contributed by atoms with Crippen LogP contribution in [0.5, 0.6) is 11.5 Å². The van der Waals surface area contributed by atoms with Crippen molar-refractivity contribution in [1.82, 2.24) is 14.9 Å². The second kappa shape index (κ2) is 8.40. The van der Waals surface area contributed by atoms with Crippen LogP contribution < -0.4 is 15.0 Å². The van der Waals surface area contributed by atoms with E-state index in [2.05, 4.69) is 15.3 Å². The maximum Gasteiger partial charge on any atom is 0.343 e. The molecule has 1 aromatic heterocycles. The zero-order valence-electron chi connectivity index (χ0n) is 15.1. The third kappa shape index (κ3) is 4.21. The maximum absolute atomic E-state index is 12.2. The van der Waals surface area contributed by atoms with Gasteiger partial charge < -0.3 is 9.47 Å². The highest BCUT2D eigenvalue weighted by molar-refractivity contribution is 7.71. The van der Waals surface area contributed by atoms with Crippen LogP contribution in [0.25, 0.3) is 0 Å². The molecule has 0 fully saturated rings. The molecule has 9 heteroatoms. The molecule has 0 saturated heterocycles. The van der Waals surface area contributed by atoms with Gasteiger partial charge in [-0.1, -0.05) is 18.2 Å². The standard InChI is InChI=1S/C19H16N4O4S/c1-12-17(24)23(19(28)22-21-12)20-11-13-8-9-15(16(10-13)26-2)27-18(25)14-6-4-3-5-7-14/h3-11H,1-2H3,(H,22,28)/b20-11-. The molecule has 0 aliphatic rings. The van der Waals surface area contributed by atoms with Crippen molar-refractivity contribution in [3.05, 3.63) is 80.5 Å². The van der Waals surface area contributed by atoms with Crippen LogP contribution in [0, 0.1) is 11.7 Å². The molecule has 1 N–H and O–H groups in total. The molecule has 0 saturated carbocycles. The zero-order valence-corrected chi connectivity index (χ0v) is 15.9. The molecule has 0 bridgehead atoms. The van der Waals surface area contributed by atoms with Crippen LogP contribution in [0.4, 0.5) is 0 Å². The third-order valence-corrected chi connectivity index (χ3v) is 4.00. The number of ether oxygens (including phenoxy) is 2. The van der Waals surface area contributed by atoms with Crippen molar-refractivity contribution < 1.29 is 14.3 Å². The summed E-state index contributed by atoms with van der Waals surface area (Å²) in [5, 5.41) is 10.4. The van der Waals surface area contributed by atoms with Crippen molar-refractivity contribution >= 4 is 24.4 Å². The molecule has 2 aromatic carbocycles. The van der Waals surface area contributed by atoms with Gasteiger partial charge in [0.15, 0.2) is 11.5 Å². The van der Waals surface area contributed by atoms with E-state index >= 15 is 0 Å². The number of benzene rings is 2. The Hall–Kier alpha value is -3.59. The summed E-state index contributed by atoms with van der Waals surface area (Å²) in [4.78, 5) is 24.3. The highest BCUT2D eigenvalue weighted by Crippen LogP contribution is 2.28. The lowest BCUT2D eigenvalue weighted by atomic mass is 10.2. The quantitative estimate of drug-likeness (QED) is 0.308. The molecule has 0 aliphatic carbocycles. The number of nitrogens with one attached hydrogen (secondary N) is 1. The number of hydrogen-bond acceptors (Lipinski definition) is 7. The maximum atomic E-state index is 12.2. The summed E-state index contributed by atoms with van der Waals surface area (Å²) < 4.78 is 11.8. The fourth-order valence-corrected chi connectivity index (χ4v) is 2.46. The Morgan fingerprint density at radius 2 is 1.96 bits per heavy atom. The first-order valence-corrected chi connectivity index (χ1v) is 8.58. The van der Waals surface area contributed by atoms with Crippen molar-refractivity contribution in [2.24, 2.45) is 5.10 Å². The van der Waals surface area contributed by atoms with E-state index in [1.807, 2.05) is 6.07 Å². The van der Waals surface area contributed by atoms with Crippen LogP contribution >= 0.6 is 12.2 Å². The Labute approximate surface area is 165 Å². The van der Waals surface area contributed by atoms with E-state index < -0.39 is 11.5 Å². The van der Waals surface area contributed by atoms with Gasteiger partial charge in [-0.3, -0.25) is 9.89 Å². The lowest BCUT2D eigenvalue weighted by Gasteiger charge is -2.10. The molecule has 0 radical (unpaired) electrons. The molecule has 1 heterocycles. The molecular formula is C19H16N4O4S. The van der Waals surface area contributed by atoms with Gasteiger partial charge in [-0.25, -0.2) is 4.79 Å². The molecular weight excluding hydrogens is 380 g/mol. The van der Waals surface area contributed by atoms with E-state index in [0.717, 1.165) is 4.68 Å². The van der Waals surface area contributed by atoms with Gasteiger partial charge in [0, 0.05) is 0 Å². The first-order chi connectivity index (χ1) is 13.5. The summed E-state index contributed by atoms with van der Waals surface area (Å²) in [5.74, 6) is 0.116. The Balaban J connectivity index is 1.86. The van der Waals surface area contributed by atoms with Crippen molar-refractivity contribution in [1.29, 1.82) is 0 Å². The number of carbonyl (C=O) groups excluding carboxylic acids is 1. The van der Waals surface area contributed by atoms with E-state index in [9.17, 15) is 9.59 Å². The largest absolute Gasteiger partial charge is 0.493 e. The van der Waals surface area contributed by atoms with Crippen LogP contribution in [-0.4, -0.2) is 34.2 Å². The average molecular weight is 396 g/mol. The topological polar surface area (TPSA) is 98.6 Å². The van der Waals surface area contributed by atoms with E-state index in [4.69, 9.17) is 21.7 Å². The average Bonchev–Trinajstić information content (AvgIpc) is 2.72.